The molecule has 2 atom stereocenters. The molecule has 0 N–H and O–H groups in total. The highest BCUT2D eigenvalue weighted by Crippen LogP contribution is 2.39. The van der Waals surface area contributed by atoms with E-state index in [1.54, 1.807) is 7.11 Å². The van der Waals surface area contributed by atoms with Crippen molar-refractivity contribution in [3.8, 4) is 0 Å². The van der Waals surface area contributed by atoms with Gasteiger partial charge in [0, 0.05) is 29.9 Å². The van der Waals surface area contributed by atoms with Gasteiger partial charge < -0.3 is 9.64 Å². The Bertz CT molecular complexity index is 515. The van der Waals surface area contributed by atoms with E-state index in [4.69, 9.17) is 4.74 Å². The molecule has 3 rings (SSSR count). The molecule has 0 aromatic heterocycles. The van der Waals surface area contributed by atoms with E-state index in [0.717, 1.165) is 16.7 Å². The summed E-state index contributed by atoms with van der Waals surface area (Å²) in [6, 6.07) is 6.58. The highest BCUT2D eigenvalue weighted by molar-refractivity contribution is 9.10. The van der Waals surface area contributed by atoms with Gasteiger partial charge in [-0.1, -0.05) is 15.9 Å². The van der Waals surface area contributed by atoms with Gasteiger partial charge in [0.15, 0.2) is 0 Å². The Labute approximate surface area is 115 Å². The summed E-state index contributed by atoms with van der Waals surface area (Å²) >= 11 is 3.52. The Morgan fingerprint density at radius 3 is 3.17 bits per heavy atom. The first-order valence-corrected chi connectivity index (χ1v) is 6.70. The molecule has 1 aromatic rings. The molecule has 0 saturated carbocycles. The van der Waals surface area contributed by atoms with Crippen molar-refractivity contribution in [3.05, 3.63) is 28.2 Å². The van der Waals surface area contributed by atoms with Crippen LogP contribution in [0.15, 0.2) is 32.7 Å². The van der Waals surface area contributed by atoms with Crippen molar-refractivity contribution in [1.29, 1.82) is 0 Å². The maximum Gasteiger partial charge on any atom is 0.111 e. The molecular formula is C13H14BrN3O. The number of hydrogen-bond acceptors (Lipinski definition) is 4. The Morgan fingerprint density at radius 1 is 1.44 bits per heavy atom. The van der Waals surface area contributed by atoms with Crippen LogP contribution < -0.4 is 0 Å². The van der Waals surface area contributed by atoms with E-state index in [2.05, 4.69) is 36.9 Å². The number of aliphatic imine (C=N–C) groups is 2. The first-order chi connectivity index (χ1) is 8.79. The first kappa shape index (κ1) is 11.9. The van der Waals surface area contributed by atoms with Crippen LogP contribution in [0.2, 0.25) is 0 Å². The third-order valence-corrected chi connectivity index (χ3v) is 3.79. The van der Waals surface area contributed by atoms with E-state index >= 15 is 0 Å². The van der Waals surface area contributed by atoms with E-state index in [0.29, 0.717) is 6.61 Å². The normalized spacial score (nSPS) is 24.2. The molecule has 4 nitrogen and oxygen atoms in total. The van der Waals surface area contributed by atoms with Crippen molar-refractivity contribution in [3.63, 3.8) is 0 Å². The standard InChI is InChI=1S/C13H14BrN3O/c1-18-5-4-17-8-16-12-7-15-11-3-2-9(14)6-10(11)13(12)17/h2-3,6-8,12-13H,4-5H2,1H3. The molecule has 2 unspecified atom stereocenters. The van der Waals surface area contributed by atoms with Gasteiger partial charge in [-0.25, -0.2) is 0 Å². The van der Waals surface area contributed by atoms with Gasteiger partial charge in [0.2, 0.25) is 0 Å². The lowest BCUT2D eigenvalue weighted by Crippen LogP contribution is -2.33. The first-order valence-electron chi connectivity index (χ1n) is 5.91. The average Bonchev–Trinajstić information content (AvgIpc) is 2.79. The summed E-state index contributed by atoms with van der Waals surface area (Å²) in [4.78, 5) is 11.2. The molecule has 0 fully saturated rings. The molecule has 0 radical (unpaired) electrons. The van der Waals surface area contributed by atoms with Crippen LogP contribution in [-0.4, -0.2) is 43.8 Å². The van der Waals surface area contributed by atoms with E-state index in [1.807, 2.05) is 24.7 Å². The summed E-state index contributed by atoms with van der Waals surface area (Å²) in [5, 5.41) is 0. The minimum absolute atomic E-state index is 0.128. The zero-order valence-electron chi connectivity index (χ0n) is 10.1. The molecule has 0 bridgehead atoms. The Balaban J connectivity index is 1.94. The van der Waals surface area contributed by atoms with Crippen LogP contribution in [0, 0.1) is 0 Å². The van der Waals surface area contributed by atoms with Gasteiger partial charge in [-0.15, -0.1) is 0 Å². The third-order valence-electron chi connectivity index (χ3n) is 3.30. The fourth-order valence-corrected chi connectivity index (χ4v) is 2.80. The van der Waals surface area contributed by atoms with Crippen LogP contribution in [0.1, 0.15) is 11.6 Å². The molecule has 0 aliphatic carbocycles. The van der Waals surface area contributed by atoms with E-state index in [-0.39, 0.29) is 12.1 Å². The maximum atomic E-state index is 5.15. The largest absolute Gasteiger partial charge is 0.383 e. The monoisotopic (exact) mass is 307 g/mol. The number of rotatable bonds is 3. The summed E-state index contributed by atoms with van der Waals surface area (Å²) < 4.78 is 6.23. The summed E-state index contributed by atoms with van der Waals surface area (Å²) in [5.74, 6) is 0. The molecule has 2 aliphatic heterocycles. The Morgan fingerprint density at radius 2 is 2.33 bits per heavy atom. The number of fused-ring (bicyclic) bond motifs is 3. The van der Waals surface area contributed by atoms with Crippen molar-refractivity contribution < 1.29 is 4.74 Å². The van der Waals surface area contributed by atoms with Crippen molar-refractivity contribution >= 4 is 34.2 Å². The fraction of sp³-hybridized carbons (Fsp3) is 0.385. The van der Waals surface area contributed by atoms with Gasteiger partial charge in [0.05, 0.1) is 24.7 Å². The van der Waals surface area contributed by atoms with E-state index in [1.165, 1.54) is 5.56 Å². The minimum Gasteiger partial charge on any atom is -0.383 e. The highest BCUT2D eigenvalue weighted by Gasteiger charge is 2.34. The Hall–Kier alpha value is -1.20. The molecule has 0 saturated heterocycles. The van der Waals surface area contributed by atoms with Gasteiger partial charge in [-0.2, -0.15) is 0 Å². The molecule has 0 amide bonds. The smallest absolute Gasteiger partial charge is 0.111 e. The molecule has 5 heteroatoms. The van der Waals surface area contributed by atoms with E-state index in [9.17, 15) is 0 Å². The van der Waals surface area contributed by atoms with Gasteiger partial charge >= 0.3 is 0 Å². The second-order valence-corrected chi connectivity index (χ2v) is 5.33. The number of hydrogen-bond donors (Lipinski definition) is 0. The fourth-order valence-electron chi connectivity index (χ4n) is 2.42. The molecule has 94 valence electrons. The molecule has 2 heterocycles. The second-order valence-electron chi connectivity index (χ2n) is 4.41. The van der Waals surface area contributed by atoms with Crippen LogP contribution in [0.4, 0.5) is 5.69 Å². The number of benzene rings is 1. The lowest BCUT2D eigenvalue weighted by Gasteiger charge is -2.30. The van der Waals surface area contributed by atoms with Crippen molar-refractivity contribution in [2.45, 2.75) is 12.1 Å². The lowest BCUT2D eigenvalue weighted by molar-refractivity contribution is 0.167. The van der Waals surface area contributed by atoms with Crippen LogP contribution in [-0.2, 0) is 4.74 Å². The number of nitrogens with zero attached hydrogens (tertiary/aromatic N) is 3. The SMILES string of the molecule is COCCN1C=NC2C=Nc3ccc(Br)cc3C21. The molecule has 0 spiro atoms. The van der Waals surface area contributed by atoms with Crippen molar-refractivity contribution in [1.82, 2.24) is 4.90 Å². The van der Waals surface area contributed by atoms with Gasteiger partial charge in [-0.05, 0) is 18.2 Å². The highest BCUT2D eigenvalue weighted by atomic mass is 79.9. The second kappa shape index (κ2) is 4.82. The molecule has 1 aromatic carbocycles. The summed E-state index contributed by atoms with van der Waals surface area (Å²) in [6.45, 7) is 1.55. The zero-order valence-corrected chi connectivity index (χ0v) is 11.7. The van der Waals surface area contributed by atoms with E-state index < -0.39 is 0 Å². The molecule has 2 aliphatic rings. The van der Waals surface area contributed by atoms with Crippen LogP contribution >= 0.6 is 15.9 Å². The molecule has 18 heavy (non-hydrogen) atoms. The summed E-state index contributed by atoms with van der Waals surface area (Å²) in [6.07, 6.45) is 3.85. The predicted molar refractivity (Wildman–Crippen MR) is 75.9 cm³/mol. The topological polar surface area (TPSA) is 37.2 Å². The quantitative estimate of drug-likeness (QED) is 0.860. The number of methoxy groups -OCH3 is 1. The zero-order chi connectivity index (χ0) is 12.5. The van der Waals surface area contributed by atoms with Gasteiger partial charge in [-0.3, -0.25) is 9.98 Å². The lowest BCUT2D eigenvalue weighted by atomic mass is 9.96. The predicted octanol–water partition coefficient (Wildman–Crippen LogP) is 2.57. The summed E-state index contributed by atoms with van der Waals surface area (Å²) in [5.41, 5.74) is 2.26. The summed E-state index contributed by atoms with van der Waals surface area (Å²) in [7, 11) is 1.72. The van der Waals surface area contributed by atoms with Crippen LogP contribution in [0.3, 0.4) is 0 Å². The van der Waals surface area contributed by atoms with Crippen LogP contribution in [0.25, 0.3) is 0 Å². The number of ether oxygens (including phenoxy) is 1. The number of halogens is 1. The van der Waals surface area contributed by atoms with Crippen LogP contribution in [0.5, 0.6) is 0 Å². The molecular weight excluding hydrogens is 294 g/mol. The van der Waals surface area contributed by atoms with Gasteiger partial charge in [0.1, 0.15) is 6.04 Å². The van der Waals surface area contributed by atoms with Crippen molar-refractivity contribution in [2.75, 3.05) is 20.3 Å². The maximum absolute atomic E-state index is 5.15. The Kier molecular flexibility index (Phi) is 3.18. The minimum atomic E-state index is 0.128. The van der Waals surface area contributed by atoms with Gasteiger partial charge in [0.25, 0.3) is 0 Å². The average molecular weight is 308 g/mol. The third kappa shape index (κ3) is 1.97. The van der Waals surface area contributed by atoms with Crippen molar-refractivity contribution in [2.24, 2.45) is 9.98 Å².